The molecule has 63 heavy (non-hydrogen) atoms. The summed E-state index contributed by atoms with van der Waals surface area (Å²) in [5.74, 6) is -0.562. The average molecular weight is 922 g/mol. The molecule has 374 valence electrons. The van der Waals surface area contributed by atoms with Gasteiger partial charge in [-0.3, -0.25) is 13.8 Å². The van der Waals surface area contributed by atoms with Gasteiger partial charge in [0.25, 0.3) is 0 Å². The number of hydrogen-bond donors (Lipinski definition) is 9. The number of phosphoric ester groups is 1. The van der Waals surface area contributed by atoms with Crippen molar-refractivity contribution in [1.29, 1.82) is 0 Å². The number of allylic oxidation sites excluding steroid dienone is 2. The summed E-state index contributed by atoms with van der Waals surface area (Å²) in [6.07, 6.45) is 28.2. The Balaban J connectivity index is 2.46. The third kappa shape index (κ3) is 30.9. The van der Waals surface area contributed by atoms with Crippen LogP contribution in [0.15, 0.2) is 12.2 Å². The first-order valence-corrected chi connectivity index (χ1v) is 27.2. The second-order valence-electron chi connectivity index (χ2n) is 18.6. The lowest BCUT2D eigenvalue weighted by molar-refractivity contribution is -0.220. The van der Waals surface area contributed by atoms with E-state index < -0.39 is 75.2 Å². The number of unbranched alkanes of at least 4 members (excludes halogenated alkanes) is 28. The number of aliphatic hydroxyl groups is 7. The predicted molar refractivity (Wildman–Crippen MR) is 252 cm³/mol. The molecule has 1 aliphatic carbocycles. The van der Waals surface area contributed by atoms with Crippen molar-refractivity contribution in [2.45, 2.75) is 287 Å². The van der Waals surface area contributed by atoms with E-state index in [1.807, 2.05) is 0 Å². The molecule has 1 aliphatic rings. The Hall–Kier alpha value is -0.960. The first-order valence-electron chi connectivity index (χ1n) is 25.7. The van der Waals surface area contributed by atoms with E-state index in [2.05, 4.69) is 31.3 Å². The molecule has 0 spiro atoms. The van der Waals surface area contributed by atoms with E-state index >= 15 is 0 Å². The van der Waals surface area contributed by atoms with E-state index in [-0.39, 0.29) is 12.8 Å². The first kappa shape index (κ1) is 60.1. The number of phosphoric acid groups is 1. The lowest BCUT2D eigenvalue weighted by Crippen LogP contribution is -2.64. The van der Waals surface area contributed by atoms with E-state index in [9.17, 15) is 50.0 Å². The summed E-state index contributed by atoms with van der Waals surface area (Å²) in [7, 11) is -5.12. The molecule has 14 heteroatoms. The van der Waals surface area contributed by atoms with E-state index in [4.69, 9.17) is 9.05 Å². The maximum atomic E-state index is 13.1. The minimum absolute atomic E-state index is 0.224. The summed E-state index contributed by atoms with van der Waals surface area (Å²) in [5.41, 5.74) is 0. The Labute approximate surface area is 382 Å². The molecule has 0 heterocycles. The fourth-order valence-corrected chi connectivity index (χ4v) is 9.38. The van der Waals surface area contributed by atoms with Gasteiger partial charge in [0.05, 0.1) is 31.3 Å². The second-order valence-corrected chi connectivity index (χ2v) is 20.0. The number of rotatable bonds is 43. The Morgan fingerprint density at radius 1 is 0.540 bits per heavy atom. The summed E-state index contributed by atoms with van der Waals surface area (Å²) in [4.78, 5) is 23.5. The minimum Gasteiger partial charge on any atom is -0.393 e. The number of nitrogens with one attached hydrogen (secondary N) is 1. The van der Waals surface area contributed by atoms with Gasteiger partial charge in [-0.1, -0.05) is 199 Å². The number of carbonyl (C=O) groups is 1. The quantitative estimate of drug-likeness (QED) is 0.0158. The highest BCUT2D eigenvalue weighted by Gasteiger charge is 2.51. The van der Waals surface area contributed by atoms with Gasteiger partial charge in [0.2, 0.25) is 5.91 Å². The molecule has 1 fully saturated rings. The molecule has 0 aromatic heterocycles. The monoisotopic (exact) mass is 922 g/mol. The van der Waals surface area contributed by atoms with Crippen LogP contribution in [0.1, 0.15) is 232 Å². The van der Waals surface area contributed by atoms with Crippen LogP contribution < -0.4 is 5.32 Å². The molecule has 0 saturated heterocycles. The minimum atomic E-state index is -5.12. The third-order valence-corrected chi connectivity index (χ3v) is 13.6. The van der Waals surface area contributed by atoms with Crippen molar-refractivity contribution in [3.05, 3.63) is 12.2 Å². The predicted octanol–water partition coefficient (Wildman–Crippen LogP) is 9.37. The maximum Gasteiger partial charge on any atom is 0.472 e. The van der Waals surface area contributed by atoms with Crippen LogP contribution in [0.25, 0.3) is 0 Å². The largest absolute Gasteiger partial charge is 0.472 e. The van der Waals surface area contributed by atoms with Crippen LogP contribution in [0.5, 0.6) is 0 Å². The molecule has 8 unspecified atom stereocenters. The molecule has 0 aromatic carbocycles. The zero-order chi connectivity index (χ0) is 46.6. The molecular weight excluding hydrogens is 826 g/mol. The Morgan fingerprint density at radius 2 is 0.889 bits per heavy atom. The highest BCUT2D eigenvalue weighted by molar-refractivity contribution is 7.47. The molecule has 9 N–H and O–H groups in total. The van der Waals surface area contributed by atoms with Gasteiger partial charge in [-0.15, -0.1) is 0 Å². The van der Waals surface area contributed by atoms with Gasteiger partial charge in [0.15, 0.2) is 0 Å². The molecule has 0 radical (unpaired) electrons. The average Bonchev–Trinajstić information content (AvgIpc) is 3.26. The van der Waals surface area contributed by atoms with Crippen LogP contribution in [0.2, 0.25) is 0 Å². The van der Waals surface area contributed by atoms with E-state index in [1.54, 1.807) is 0 Å². The topological polar surface area (TPSA) is 226 Å². The van der Waals surface area contributed by atoms with Gasteiger partial charge < -0.3 is 46.0 Å². The Bertz CT molecular complexity index is 1130. The van der Waals surface area contributed by atoms with Gasteiger partial charge in [-0.25, -0.2) is 4.57 Å². The van der Waals surface area contributed by atoms with Crippen LogP contribution in [-0.2, 0) is 18.4 Å². The summed E-state index contributed by atoms with van der Waals surface area (Å²) in [5, 5.41) is 74.8. The van der Waals surface area contributed by atoms with Crippen LogP contribution in [-0.4, -0.2) is 108 Å². The third-order valence-electron chi connectivity index (χ3n) is 12.6. The van der Waals surface area contributed by atoms with Gasteiger partial charge in [0, 0.05) is 0 Å². The summed E-state index contributed by atoms with van der Waals surface area (Å²) < 4.78 is 23.0. The van der Waals surface area contributed by atoms with Crippen molar-refractivity contribution >= 4 is 13.7 Å². The van der Waals surface area contributed by atoms with E-state index in [0.29, 0.717) is 12.8 Å². The normalized spacial score (nSPS) is 22.9. The van der Waals surface area contributed by atoms with Crippen LogP contribution in [0, 0.1) is 0 Å². The van der Waals surface area contributed by atoms with Gasteiger partial charge in [0.1, 0.15) is 36.6 Å². The first-order chi connectivity index (χ1) is 30.3. The molecular formula is C49H96NO12P. The zero-order valence-corrected chi connectivity index (χ0v) is 40.7. The standard InChI is InChI=1S/C49H96NO12P/c1-3-5-7-9-11-13-15-17-19-20-21-23-24-26-28-30-32-34-36-40(51)38-43(53)50-41(39-61-63(59,60)62-49-47(57)45(55)44(54)46(56)48(49)58)42(52)37-35-33-31-29-27-25-22-18-16-14-12-10-8-6-4-2/h21,23,40-42,44-49,51-52,54-58H,3-20,22,24-39H2,1-2H3,(H,50,53)(H,59,60)/b23-21-. The molecule has 1 rings (SSSR count). The molecule has 8 atom stereocenters. The smallest absolute Gasteiger partial charge is 0.393 e. The molecule has 0 aromatic rings. The fraction of sp³-hybridized carbons (Fsp3) is 0.939. The van der Waals surface area contributed by atoms with Crippen molar-refractivity contribution in [2.75, 3.05) is 6.61 Å². The van der Waals surface area contributed by atoms with E-state index in [0.717, 1.165) is 70.6 Å². The SMILES string of the molecule is CCCCCCCCCCC/C=C\CCCCCCCC(O)CC(=O)NC(COP(=O)(O)OC1C(O)C(O)C(O)C(O)C1O)C(O)CCCCCCCCCCCCCCCCC. The molecule has 1 saturated carbocycles. The highest BCUT2D eigenvalue weighted by Crippen LogP contribution is 2.47. The van der Waals surface area contributed by atoms with Gasteiger partial charge in [-0.2, -0.15) is 0 Å². The molecule has 0 aliphatic heterocycles. The van der Waals surface area contributed by atoms with Crippen LogP contribution in [0.4, 0.5) is 0 Å². The van der Waals surface area contributed by atoms with Crippen molar-refractivity contribution in [1.82, 2.24) is 5.32 Å². The molecule has 0 bridgehead atoms. The van der Waals surface area contributed by atoms with Crippen LogP contribution in [0.3, 0.4) is 0 Å². The number of carbonyl (C=O) groups excluding carboxylic acids is 1. The summed E-state index contributed by atoms with van der Waals surface area (Å²) in [6, 6.07) is -1.15. The number of hydrogen-bond acceptors (Lipinski definition) is 11. The number of aliphatic hydroxyl groups excluding tert-OH is 7. The fourth-order valence-electron chi connectivity index (χ4n) is 8.42. The maximum absolute atomic E-state index is 13.1. The number of amides is 1. The lowest BCUT2D eigenvalue weighted by atomic mass is 9.85. The van der Waals surface area contributed by atoms with Crippen molar-refractivity contribution in [3.63, 3.8) is 0 Å². The second kappa shape index (κ2) is 39.1. The van der Waals surface area contributed by atoms with Crippen LogP contribution >= 0.6 is 7.82 Å². The van der Waals surface area contributed by atoms with Crippen molar-refractivity contribution in [2.24, 2.45) is 0 Å². The Morgan fingerprint density at radius 3 is 1.30 bits per heavy atom. The van der Waals surface area contributed by atoms with Crippen molar-refractivity contribution in [3.8, 4) is 0 Å². The summed E-state index contributed by atoms with van der Waals surface area (Å²) >= 11 is 0. The Kier molecular flexibility index (Phi) is 37.3. The van der Waals surface area contributed by atoms with Crippen molar-refractivity contribution < 1.29 is 59.0 Å². The van der Waals surface area contributed by atoms with Gasteiger partial charge in [-0.05, 0) is 38.5 Å². The summed E-state index contributed by atoms with van der Waals surface area (Å²) in [6.45, 7) is 3.81. The highest BCUT2D eigenvalue weighted by atomic mass is 31.2. The lowest BCUT2D eigenvalue weighted by Gasteiger charge is -2.41. The van der Waals surface area contributed by atoms with Gasteiger partial charge >= 0.3 is 7.82 Å². The molecule has 13 nitrogen and oxygen atoms in total. The zero-order valence-electron chi connectivity index (χ0n) is 39.8. The van der Waals surface area contributed by atoms with E-state index in [1.165, 1.54) is 122 Å². The molecule has 1 amide bonds.